The van der Waals surface area contributed by atoms with Crippen molar-refractivity contribution < 1.29 is 4.79 Å². The van der Waals surface area contributed by atoms with Crippen molar-refractivity contribution in [2.45, 2.75) is 58.0 Å². The lowest BCUT2D eigenvalue weighted by Crippen LogP contribution is -2.48. The number of rotatable bonds is 7. The molecule has 1 aliphatic heterocycles. The number of piperidine rings is 1. The summed E-state index contributed by atoms with van der Waals surface area (Å²) < 4.78 is 0. The van der Waals surface area contributed by atoms with E-state index in [1.807, 2.05) is 0 Å². The van der Waals surface area contributed by atoms with Gasteiger partial charge in [-0.2, -0.15) is 0 Å². The number of hydrogen-bond acceptors (Lipinski definition) is 3. The van der Waals surface area contributed by atoms with Gasteiger partial charge in [-0.25, -0.2) is 0 Å². The zero-order chi connectivity index (χ0) is 13.7. The first-order valence-electron chi connectivity index (χ1n) is 7.95. The van der Waals surface area contributed by atoms with Crippen LogP contribution in [0.15, 0.2) is 0 Å². The topological polar surface area (TPSA) is 44.4 Å². The second-order valence-corrected chi connectivity index (χ2v) is 6.15. The van der Waals surface area contributed by atoms with Crippen LogP contribution in [0.4, 0.5) is 0 Å². The molecule has 2 N–H and O–H groups in total. The van der Waals surface area contributed by atoms with Crippen LogP contribution < -0.4 is 10.6 Å². The van der Waals surface area contributed by atoms with Gasteiger partial charge in [0.2, 0.25) is 5.91 Å². The molecule has 2 fully saturated rings. The fourth-order valence-electron chi connectivity index (χ4n) is 2.84. The lowest BCUT2D eigenvalue weighted by molar-refractivity contribution is -0.126. The third-order valence-corrected chi connectivity index (χ3v) is 4.31. The van der Waals surface area contributed by atoms with Crippen molar-refractivity contribution in [2.24, 2.45) is 5.92 Å². The maximum Gasteiger partial charge on any atom is 0.237 e. The summed E-state index contributed by atoms with van der Waals surface area (Å²) in [6.45, 7) is 8.63. The predicted molar refractivity (Wildman–Crippen MR) is 78.1 cm³/mol. The van der Waals surface area contributed by atoms with Gasteiger partial charge in [0.05, 0.1) is 6.04 Å². The molecule has 2 aliphatic rings. The van der Waals surface area contributed by atoms with Crippen molar-refractivity contribution in [1.29, 1.82) is 0 Å². The van der Waals surface area contributed by atoms with Gasteiger partial charge in [0.15, 0.2) is 0 Å². The molecule has 110 valence electrons. The van der Waals surface area contributed by atoms with Gasteiger partial charge in [-0.3, -0.25) is 9.69 Å². The molecule has 4 nitrogen and oxygen atoms in total. The Bertz CT molecular complexity index is 285. The fraction of sp³-hybridized carbons (Fsp3) is 0.933. The van der Waals surface area contributed by atoms with Crippen molar-refractivity contribution in [1.82, 2.24) is 15.5 Å². The molecule has 19 heavy (non-hydrogen) atoms. The molecular weight excluding hydrogens is 238 g/mol. The number of amides is 1. The standard InChI is InChI=1S/C15H29N3O/c1-3-10-18(11-13-6-8-16-9-7-13)12(2)15(19)17-14-4-5-14/h12-14,16H,3-11H2,1-2H3,(H,17,19). The average molecular weight is 267 g/mol. The number of hydrogen-bond donors (Lipinski definition) is 2. The van der Waals surface area contributed by atoms with Gasteiger partial charge in [0.1, 0.15) is 0 Å². The van der Waals surface area contributed by atoms with E-state index < -0.39 is 0 Å². The fourth-order valence-corrected chi connectivity index (χ4v) is 2.84. The lowest BCUT2D eigenvalue weighted by Gasteiger charge is -2.33. The highest BCUT2D eigenvalue weighted by atomic mass is 16.2. The van der Waals surface area contributed by atoms with Crippen LogP contribution >= 0.6 is 0 Å². The van der Waals surface area contributed by atoms with Crippen molar-refractivity contribution in [3.63, 3.8) is 0 Å². The van der Waals surface area contributed by atoms with Crippen molar-refractivity contribution in [3.8, 4) is 0 Å². The summed E-state index contributed by atoms with van der Waals surface area (Å²) in [5, 5.41) is 6.55. The summed E-state index contributed by atoms with van der Waals surface area (Å²) in [4.78, 5) is 14.6. The normalized spacial score (nSPS) is 22.5. The summed E-state index contributed by atoms with van der Waals surface area (Å²) in [6, 6.07) is 0.493. The molecule has 1 heterocycles. The Kier molecular flexibility index (Phi) is 5.64. The highest BCUT2D eigenvalue weighted by molar-refractivity contribution is 5.81. The maximum absolute atomic E-state index is 12.2. The zero-order valence-corrected chi connectivity index (χ0v) is 12.5. The second-order valence-electron chi connectivity index (χ2n) is 6.15. The van der Waals surface area contributed by atoms with Crippen LogP contribution in [0.1, 0.15) is 46.0 Å². The Labute approximate surface area is 117 Å². The van der Waals surface area contributed by atoms with Crippen molar-refractivity contribution in [2.75, 3.05) is 26.2 Å². The first-order chi connectivity index (χ1) is 9.20. The van der Waals surface area contributed by atoms with Gasteiger partial charge < -0.3 is 10.6 Å². The maximum atomic E-state index is 12.2. The average Bonchev–Trinajstić information content (AvgIpc) is 3.22. The molecule has 1 aliphatic carbocycles. The number of nitrogens with zero attached hydrogens (tertiary/aromatic N) is 1. The molecule has 1 saturated heterocycles. The molecule has 1 atom stereocenters. The zero-order valence-electron chi connectivity index (χ0n) is 12.5. The van der Waals surface area contributed by atoms with Crippen molar-refractivity contribution >= 4 is 5.91 Å². The summed E-state index contributed by atoms with van der Waals surface area (Å²) in [5.74, 6) is 0.980. The SMILES string of the molecule is CCCN(CC1CCNCC1)C(C)C(=O)NC1CC1. The minimum Gasteiger partial charge on any atom is -0.352 e. The Hall–Kier alpha value is -0.610. The van der Waals surface area contributed by atoms with E-state index in [1.165, 1.54) is 25.7 Å². The van der Waals surface area contributed by atoms with Crippen LogP contribution in [-0.4, -0.2) is 49.1 Å². The number of carbonyl (C=O) groups is 1. The van der Waals surface area contributed by atoms with Gasteiger partial charge in [-0.05, 0) is 64.6 Å². The quantitative estimate of drug-likeness (QED) is 0.732. The second kappa shape index (κ2) is 7.25. The Morgan fingerprint density at radius 1 is 1.32 bits per heavy atom. The number of carbonyl (C=O) groups excluding carboxylic acids is 1. The summed E-state index contributed by atoms with van der Waals surface area (Å²) in [7, 11) is 0. The van der Waals surface area contributed by atoms with E-state index in [2.05, 4.69) is 29.4 Å². The third kappa shape index (κ3) is 4.77. The smallest absolute Gasteiger partial charge is 0.237 e. The van der Waals surface area contributed by atoms with Crippen LogP contribution in [0.5, 0.6) is 0 Å². The van der Waals surface area contributed by atoms with E-state index in [0.717, 1.165) is 38.5 Å². The first kappa shape index (κ1) is 14.8. The van der Waals surface area contributed by atoms with Gasteiger partial charge in [0.25, 0.3) is 0 Å². The van der Waals surface area contributed by atoms with Crippen LogP contribution in [0.25, 0.3) is 0 Å². The van der Waals surface area contributed by atoms with E-state index in [1.54, 1.807) is 0 Å². The summed E-state index contributed by atoms with van der Waals surface area (Å²) in [6.07, 6.45) is 5.95. The Morgan fingerprint density at radius 3 is 2.58 bits per heavy atom. The molecule has 4 heteroatoms. The molecule has 0 aromatic rings. The van der Waals surface area contributed by atoms with Crippen LogP contribution in [0, 0.1) is 5.92 Å². The van der Waals surface area contributed by atoms with Crippen molar-refractivity contribution in [3.05, 3.63) is 0 Å². The molecule has 0 radical (unpaired) electrons. The highest BCUT2D eigenvalue weighted by Crippen LogP contribution is 2.20. The van der Waals surface area contributed by atoms with Gasteiger partial charge >= 0.3 is 0 Å². The van der Waals surface area contributed by atoms with Gasteiger partial charge in [-0.15, -0.1) is 0 Å². The van der Waals surface area contributed by atoms with E-state index >= 15 is 0 Å². The molecule has 1 unspecified atom stereocenters. The molecular formula is C15H29N3O. The van der Waals surface area contributed by atoms with E-state index in [-0.39, 0.29) is 11.9 Å². The molecule has 0 aromatic heterocycles. The predicted octanol–water partition coefficient (Wildman–Crippen LogP) is 1.37. The van der Waals surface area contributed by atoms with E-state index in [0.29, 0.717) is 6.04 Å². The van der Waals surface area contributed by atoms with Gasteiger partial charge in [0, 0.05) is 12.6 Å². The molecule has 0 aromatic carbocycles. The number of nitrogens with one attached hydrogen (secondary N) is 2. The third-order valence-electron chi connectivity index (χ3n) is 4.31. The minimum absolute atomic E-state index is 0.0236. The molecule has 1 saturated carbocycles. The van der Waals surface area contributed by atoms with Crippen LogP contribution in [0.3, 0.4) is 0 Å². The molecule has 0 spiro atoms. The minimum atomic E-state index is 0.0236. The van der Waals surface area contributed by atoms with Crippen LogP contribution in [-0.2, 0) is 4.79 Å². The molecule has 0 bridgehead atoms. The molecule has 2 rings (SSSR count). The monoisotopic (exact) mass is 267 g/mol. The van der Waals surface area contributed by atoms with Crippen LogP contribution in [0.2, 0.25) is 0 Å². The largest absolute Gasteiger partial charge is 0.352 e. The van der Waals surface area contributed by atoms with E-state index in [4.69, 9.17) is 0 Å². The Morgan fingerprint density at radius 2 is 2.00 bits per heavy atom. The van der Waals surface area contributed by atoms with E-state index in [9.17, 15) is 4.79 Å². The first-order valence-corrected chi connectivity index (χ1v) is 7.95. The molecule has 1 amide bonds. The summed E-state index contributed by atoms with van der Waals surface area (Å²) >= 11 is 0. The van der Waals surface area contributed by atoms with Gasteiger partial charge in [-0.1, -0.05) is 6.92 Å². The Balaban J connectivity index is 1.83. The highest BCUT2D eigenvalue weighted by Gasteiger charge is 2.29. The lowest BCUT2D eigenvalue weighted by atomic mass is 9.97. The summed E-state index contributed by atoms with van der Waals surface area (Å²) in [5.41, 5.74) is 0.